The van der Waals surface area contributed by atoms with Gasteiger partial charge in [0, 0.05) is 24.0 Å². The summed E-state index contributed by atoms with van der Waals surface area (Å²) >= 11 is 0. The van der Waals surface area contributed by atoms with Gasteiger partial charge in [0.15, 0.2) is 11.5 Å². The Morgan fingerprint density at radius 2 is 1.39 bits per heavy atom. The zero-order valence-corrected chi connectivity index (χ0v) is 15.4. The molecule has 8 heteroatoms. The number of rotatable bonds is 6. The van der Waals surface area contributed by atoms with Crippen molar-refractivity contribution in [1.82, 2.24) is 10.2 Å². The molecule has 2 amide bonds. The van der Waals surface area contributed by atoms with E-state index in [9.17, 15) is 9.59 Å². The Morgan fingerprint density at radius 3 is 1.93 bits per heavy atom. The van der Waals surface area contributed by atoms with Gasteiger partial charge in [0.05, 0.1) is 7.11 Å². The maximum absolute atomic E-state index is 12.3. The molecule has 0 fully saturated rings. The standard InChI is InChI=1S/C20H19N5O3/c1-13(26)21-14-3-5-16(6-4-14)23-20(27)18-11-12-19(25-24-18)22-15-7-9-17(28-2)10-8-15/h3-12H,1-2H3,(H,21,26)(H,22,25)(H,23,27). The first-order valence-electron chi connectivity index (χ1n) is 8.47. The third kappa shape index (κ3) is 5.04. The van der Waals surface area contributed by atoms with Crippen LogP contribution in [0.5, 0.6) is 5.75 Å². The second-order valence-electron chi connectivity index (χ2n) is 5.87. The molecule has 0 saturated heterocycles. The minimum Gasteiger partial charge on any atom is -0.497 e. The van der Waals surface area contributed by atoms with Crippen LogP contribution in [0, 0.1) is 0 Å². The lowest BCUT2D eigenvalue weighted by atomic mass is 10.2. The van der Waals surface area contributed by atoms with E-state index in [4.69, 9.17) is 4.74 Å². The van der Waals surface area contributed by atoms with Crippen molar-refractivity contribution in [3.8, 4) is 5.75 Å². The highest BCUT2D eigenvalue weighted by Crippen LogP contribution is 2.19. The van der Waals surface area contributed by atoms with Crippen LogP contribution in [0.3, 0.4) is 0 Å². The van der Waals surface area contributed by atoms with E-state index in [0.717, 1.165) is 11.4 Å². The Hall–Kier alpha value is -3.94. The van der Waals surface area contributed by atoms with E-state index < -0.39 is 0 Å². The minimum atomic E-state index is -0.379. The van der Waals surface area contributed by atoms with E-state index >= 15 is 0 Å². The fourth-order valence-corrected chi connectivity index (χ4v) is 2.38. The lowest BCUT2D eigenvalue weighted by molar-refractivity contribution is -0.114. The number of carbonyl (C=O) groups is 2. The Labute approximate surface area is 161 Å². The molecule has 3 N–H and O–H groups in total. The van der Waals surface area contributed by atoms with Gasteiger partial charge in [-0.1, -0.05) is 0 Å². The Bertz CT molecular complexity index is 955. The van der Waals surface area contributed by atoms with Crippen molar-refractivity contribution >= 4 is 34.7 Å². The number of nitrogens with zero attached hydrogens (tertiary/aromatic N) is 2. The summed E-state index contributed by atoms with van der Waals surface area (Å²) < 4.78 is 5.11. The lowest BCUT2D eigenvalue weighted by Crippen LogP contribution is -2.14. The van der Waals surface area contributed by atoms with Crippen molar-refractivity contribution < 1.29 is 14.3 Å². The lowest BCUT2D eigenvalue weighted by Gasteiger charge is -2.08. The van der Waals surface area contributed by atoms with Crippen molar-refractivity contribution in [2.75, 3.05) is 23.1 Å². The van der Waals surface area contributed by atoms with Crippen molar-refractivity contribution in [2.45, 2.75) is 6.92 Å². The molecular weight excluding hydrogens is 358 g/mol. The number of carbonyl (C=O) groups excluding carboxylic acids is 2. The highest BCUT2D eigenvalue weighted by Gasteiger charge is 2.09. The monoisotopic (exact) mass is 377 g/mol. The molecule has 0 aliphatic rings. The maximum Gasteiger partial charge on any atom is 0.276 e. The highest BCUT2D eigenvalue weighted by molar-refractivity contribution is 6.03. The number of hydrogen-bond donors (Lipinski definition) is 3. The number of hydrogen-bond acceptors (Lipinski definition) is 6. The van der Waals surface area contributed by atoms with Crippen LogP contribution in [0.2, 0.25) is 0 Å². The van der Waals surface area contributed by atoms with E-state index in [2.05, 4.69) is 26.1 Å². The summed E-state index contributed by atoms with van der Waals surface area (Å²) in [6.45, 7) is 1.43. The summed E-state index contributed by atoms with van der Waals surface area (Å²) in [7, 11) is 1.61. The minimum absolute atomic E-state index is 0.157. The van der Waals surface area contributed by atoms with Crippen LogP contribution in [-0.2, 0) is 4.79 Å². The zero-order valence-electron chi connectivity index (χ0n) is 15.4. The number of amides is 2. The predicted molar refractivity (Wildman–Crippen MR) is 107 cm³/mol. The van der Waals surface area contributed by atoms with Gasteiger partial charge < -0.3 is 20.7 Å². The summed E-state index contributed by atoms with van der Waals surface area (Å²) in [5.41, 5.74) is 2.25. The zero-order chi connectivity index (χ0) is 19.9. The second kappa shape index (κ2) is 8.63. The molecule has 2 aromatic carbocycles. The second-order valence-corrected chi connectivity index (χ2v) is 5.87. The molecule has 0 unspecified atom stereocenters. The normalized spacial score (nSPS) is 10.1. The summed E-state index contributed by atoms with van der Waals surface area (Å²) in [6.07, 6.45) is 0. The molecule has 0 radical (unpaired) electrons. The summed E-state index contributed by atoms with van der Waals surface area (Å²) in [6, 6.07) is 17.4. The predicted octanol–water partition coefficient (Wildman–Crippen LogP) is 3.44. The Balaban J connectivity index is 1.60. The molecule has 3 rings (SSSR count). The molecule has 0 saturated carbocycles. The quantitative estimate of drug-likeness (QED) is 0.608. The number of ether oxygens (including phenoxy) is 1. The number of nitrogens with one attached hydrogen (secondary N) is 3. The van der Waals surface area contributed by atoms with Crippen LogP contribution in [0.25, 0.3) is 0 Å². The van der Waals surface area contributed by atoms with E-state index in [1.807, 2.05) is 24.3 Å². The Morgan fingerprint density at radius 1 is 0.786 bits per heavy atom. The van der Waals surface area contributed by atoms with Gasteiger partial charge in [0.2, 0.25) is 5.91 Å². The van der Waals surface area contributed by atoms with Gasteiger partial charge in [-0.2, -0.15) is 0 Å². The number of methoxy groups -OCH3 is 1. The molecular formula is C20H19N5O3. The van der Waals surface area contributed by atoms with Gasteiger partial charge in [-0.15, -0.1) is 10.2 Å². The maximum atomic E-state index is 12.3. The smallest absolute Gasteiger partial charge is 0.276 e. The molecule has 8 nitrogen and oxygen atoms in total. The SMILES string of the molecule is COc1ccc(Nc2ccc(C(=O)Nc3ccc(NC(C)=O)cc3)nn2)cc1. The van der Waals surface area contributed by atoms with Crippen LogP contribution in [-0.4, -0.2) is 29.1 Å². The number of benzene rings is 2. The summed E-state index contributed by atoms with van der Waals surface area (Å²) in [5.74, 6) is 0.737. The van der Waals surface area contributed by atoms with E-state index in [0.29, 0.717) is 17.2 Å². The Kier molecular flexibility index (Phi) is 5.81. The molecule has 0 atom stereocenters. The van der Waals surface area contributed by atoms with Crippen LogP contribution < -0.4 is 20.7 Å². The first-order chi connectivity index (χ1) is 13.5. The molecule has 1 heterocycles. The molecule has 0 spiro atoms. The molecule has 0 aliphatic heterocycles. The van der Waals surface area contributed by atoms with Gasteiger partial charge >= 0.3 is 0 Å². The van der Waals surface area contributed by atoms with Crippen molar-refractivity contribution in [1.29, 1.82) is 0 Å². The molecule has 0 bridgehead atoms. The average Bonchev–Trinajstić information content (AvgIpc) is 2.70. The molecule has 1 aromatic heterocycles. The summed E-state index contributed by atoms with van der Waals surface area (Å²) in [4.78, 5) is 23.3. The van der Waals surface area contributed by atoms with Gasteiger partial charge in [-0.05, 0) is 60.7 Å². The van der Waals surface area contributed by atoms with E-state index in [1.165, 1.54) is 6.92 Å². The average molecular weight is 377 g/mol. The van der Waals surface area contributed by atoms with Gasteiger partial charge in [-0.25, -0.2) is 0 Å². The molecule has 142 valence electrons. The van der Waals surface area contributed by atoms with Gasteiger partial charge in [0.1, 0.15) is 5.75 Å². The van der Waals surface area contributed by atoms with Crippen LogP contribution in [0.15, 0.2) is 60.7 Å². The van der Waals surface area contributed by atoms with Crippen LogP contribution in [0.1, 0.15) is 17.4 Å². The third-order valence-corrected chi connectivity index (χ3v) is 3.72. The van der Waals surface area contributed by atoms with Gasteiger partial charge in [0.25, 0.3) is 5.91 Å². The first kappa shape index (κ1) is 18.8. The largest absolute Gasteiger partial charge is 0.497 e. The van der Waals surface area contributed by atoms with Crippen molar-refractivity contribution in [3.63, 3.8) is 0 Å². The van der Waals surface area contributed by atoms with Crippen molar-refractivity contribution in [2.24, 2.45) is 0 Å². The van der Waals surface area contributed by atoms with Gasteiger partial charge in [-0.3, -0.25) is 9.59 Å². The molecule has 0 aliphatic carbocycles. The number of anilines is 4. The number of aromatic nitrogens is 2. The molecule has 3 aromatic rings. The third-order valence-electron chi connectivity index (χ3n) is 3.72. The first-order valence-corrected chi connectivity index (χ1v) is 8.47. The highest BCUT2D eigenvalue weighted by atomic mass is 16.5. The van der Waals surface area contributed by atoms with Crippen molar-refractivity contribution in [3.05, 3.63) is 66.4 Å². The topological polar surface area (TPSA) is 105 Å². The molecule has 28 heavy (non-hydrogen) atoms. The van der Waals surface area contributed by atoms with Crippen LogP contribution >= 0.6 is 0 Å². The summed E-state index contributed by atoms with van der Waals surface area (Å²) in [5, 5.41) is 16.5. The van der Waals surface area contributed by atoms with Crippen LogP contribution in [0.4, 0.5) is 22.9 Å². The van der Waals surface area contributed by atoms with E-state index in [-0.39, 0.29) is 17.5 Å². The fraction of sp³-hybridized carbons (Fsp3) is 0.100. The van der Waals surface area contributed by atoms with E-state index in [1.54, 1.807) is 43.5 Å². The fourth-order valence-electron chi connectivity index (χ4n) is 2.38.